The van der Waals surface area contributed by atoms with Crippen LogP contribution in [0.1, 0.15) is 30.9 Å². The molecule has 1 N–H and O–H groups in total. The SMILES string of the molecule is CCOC(=O)N1CCN(C(=O)C2(C(=O)Nc3cc(C)cc(C)c3)CC2)CC1. The van der Waals surface area contributed by atoms with Gasteiger partial charge >= 0.3 is 6.09 Å². The van der Waals surface area contributed by atoms with E-state index < -0.39 is 5.41 Å². The average Bonchev–Trinajstić information content (AvgIpc) is 3.42. The summed E-state index contributed by atoms with van der Waals surface area (Å²) >= 11 is 0. The standard InChI is InChI=1S/C20H27N3O4/c1-4-27-19(26)23-9-7-22(8-10-23)18(25)20(5-6-20)17(24)21-16-12-14(2)11-15(3)13-16/h11-13H,4-10H2,1-3H3,(H,21,24). The molecule has 1 saturated carbocycles. The summed E-state index contributed by atoms with van der Waals surface area (Å²) < 4.78 is 5.00. The Labute approximate surface area is 159 Å². The lowest BCUT2D eigenvalue weighted by Gasteiger charge is -2.35. The maximum atomic E-state index is 13.0. The van der Waals surface area contributed by atoms with Crippen molar-refractivity contribution in [1.82, 2.24) is 9.80 Å². The Bertz CT molecular complexity index is 729. The van der Waals surface area contributed by atoms with E-state index in [0.717, 1.165) is 16.8 Å². The number of aryl methyl sites for hydroxylation is 2. The summed E-state index contributed by atoms with van der Waals surface area (Å²) in [5, 5.41) is 2.92. The van der Waals surface area contributed by atoms with E-state index in [-0.39, 0.29) is 17.9 Å². The molecule has 1 aromatic carbocycles. The third-order valence-electron chi connectivity index (χ3n) is 5.17. The third kappa shape index (κ3) is 4.07. The van der Waals surface area contributed by atoms with E-state index in [9.17, 15) is 14.4 Å². The second kappa shape index (κ2) is 7.58. The maximum Gasteiger partial charge on any atom is 0.409 e. The van der Waals surface area contributed by atoms with Crippen LogP contribution < -0.4 is 5.32 Å². The molecule has 3 amide bonds. The van der Waals surface area contributed by atoms with E-state index in [2.05, 4.69) is 5.32 Å². The molecule has 0 bridgehead atoms. The van der Waals surface area contributed by atoms with E-state index in [1.807, 2.05) is 32.0 Å². The number of rotatable bonds is 4. The van der Waals surface area contributed by atoms with Crippen molar-refractivity contribution in [3.63, 3.8) is 0 Å². The van der Waals surface area contributed by atoms with Gasteiger partial charge in [0.15, 0.2) is 0 Å². The Morgan fingerprint density at radius 2 is 1.56 bits per heavy atom. The quantitative estimate of drug-likeness (QED) is 0.822. The zero-order valence-electron chi connectivity index (χ0n) is 16.2. The van der Waals surface area contributed by atoms with Gasteiger partial charge in [0.25, 0.3) is 0 Å². The van der Waals surface area contributed by atoms with Gasteiger partial charge in [0.05, 0.1) is 6.61 Å². The van der Waals surface area contributed by atoms with E-state index in [0.29, 0.717) is 45.6 Å². The van der Waals surface area contributed by atoms with E-state index >= 15 is 0 Å². The summed E-state index contributed by atoms with van der Waals surface area (Å²) in [7, 11) is 0. The fraction of sp³-hybridized carbons (Fsp3) is 0.550. The summed E-state index contributed by atoms with van der Waals surface area (Å²) in [6, 6.07) is 5.85. The van der Waals surface area contributed by atoms with Gasteiger partial charge in [-0.1, -0.05) is 6.07 Å². The Hall–Kier alpha value is -2.57. The molecule has 3 rings (SSSR count). The molecule has 7 heteroatoms. The number of carbonyl (C=O) groups is 3. The Balaban J connectivity index is 1.61. The lowest BCUT2D eigenvalue weighted by molar-refractivity contribution is -0.143. The zero-order chi connectivity index (χ0) is 19.6. The van der Waals surface area contributed by atoms with Crippen LogP contribution in [0.4, 0.5) is 10.5 Å². The molecule has 1 aliphatic heterocycles. The lowest BCUT2D eigenvalue weighted by atomic mass is 10.0. The number of anilines is 1. The molecule has 27 heavy (non-hydrogen) atoms. The van der Waals surface area contributed by atoms with Crippen LogP contribution in [0.15, 0.2) is 18.2 Å². The van der Waals surface area contributed by atoms with Gasteiger partial charge in [0.2, 0.25) is 11.8 Å². The number of nitrogens with zero attached hydrogens (tertiary/aromatic N) is 2. The first-order valence-electron chi connectivity index (χ1n) is 9.46. The molecule has 1 saturated heterocycles. The van der Waals surface area contributed by atoms with Gasteiger partial charge < -0.3 is 19.9 Å². The molecular weight excluding hydrogens is 346 g/mol. The number of carbonyl (C=O) groups excluding carboxylic acids is 3. The van der Waals surface area contributed by atoms with E-state index in [1.54, 1.807) is 16.7 Å². The fourth-order valence-corrected chi connectivity index (χ4v) is 3.57. The van der Waals surface area contributed by atoms with Gasteiger partial charge in [-0.2, -0.15) is 0 Å². The van der Waals surface area contributed by atoms with E-state index in [1.165, 1.54) is 0 Å². The number of nitrogens with one attached hydrogen (secondary N) is 1. The minimum atomic E-state index is -0.955. The number of benzene rings is 1. The van der Waals surface area contributed by atoms with Crippen LogP contribution in [0.2, 0.25) is 0 Å². The number of hydrogen-bond acceptors (Lipinski definition) is 4. The molecule has 0 aromatic heterocycles. The number of hydrogen-bond donors (Lipinski definition) is 1. The normalized spacial score (nSPS) is 18.0. The van der Waals surface area contributed by atoms with Crippen molar-refractivity contribution in [1.29, 1.82) is 0 Å². The molecule has 146 valence electrons. The molecule has 1 aliphatic carbocycles. The second-order valence-corrected chi connectivity index (χ2v) is 7.39. The molecule has 1 aromatic rings. The number of ether oxygens (including phenoxy) is 1. The van der Waals surface area contributed by atoms with Gasteiger partial charge in [-0.25, -0.2) is 4.79 Å². The van der Waals surface area contributed by atoms with Crippen LogP contribution in [0.5, 0.6) is 0 Å². The topological polar surface area (TPSA) is 79.0 Å². The monoisotopic (exact) mass is 373 g/mol. The van der Waals surface area contributed by atoms with Gasteiger partial charge in [-0.15, -0.1) is 0 Å². The number of amides is 3. The Morgan fingerprint density at radius 1 is 1.00 bits per heavy atom. The van der Waals surface area contributed by atoms with Crippen LogP contribution in [0.3, 0.4) is 0 Å². The number of piperazine rings is 1. The molecular formula is C20H27N3O4. The van der Waals surface area contributed by atoms with Crippen molar-refractivity contribution in [2.75, 3.05) is 38.1 Å². The van der Waals surface area contributed by atoms with Crippen molar-refractivity contribution >= 4 is 23.6 Å². The van der Waals surface area contributed by atoms with Gasteiger partial charge in [0.1, 0.15) is 5.41 Å². The summed E-state index contributed by atoms with van der Waals surface area (Å²) in [5.41, 5.74) is 1.90. The molecule has 7 nitrogen and oxygen atoms in total. The lowest BCUT2D eigenvalue weighted by Crippen LogP contribution is -2.53. The molecule has 1 heterocycles. The molecule has 0 atom stereocenters. The summed E-state index contributed by atoms with van der Waals surface area (Å²) in [6.45, 7) is 7.77. The minimum Gasteiger partial charge on any atom is -0.450 e. The first-order valence-corrected chi connectivity index (χ1v) is 9.46. The molecule has 2 fully saturated rings. The van der Waals surface area contributed by atoms with Crippen LogP contribution in [-0.2, 0) is 14.3 Å². The van der Waals surface area contributed by atoms with Crippen molar-refractivity contribution in [2.45, 2.75) is 33.6 Å². The first kappa shape index (κ1) is 19.2. The van der Waals surface area contributed by atoms with Gasteiger partial charge in [-0.05, 0) is 56.9 Å². The van der Waals surface area contributed by atoms with Crippen molar-refractivity contribution < 1.29 is 19.1 Å². The van der Waals surface area contributed by atoms with Crippen molar-refractivity contribution in [2.24, 2.45) is 5.41 Å². The summed E-state index contributed by atoms with van der Waals surface area (Å²) in [4.78, 5) is 40.9. The van der Waals surface area contributed by atoms with Crippen LogP contribution in [0.25, 0.3) is 0 Å². The summed E-state index contributed by atoms with van der Waals surface area (Å²) in [6.07, 6.45) is 0.791. The Morgan fingerprint density at radius 3 is 2.07 bits per heavy atom. The highest BCUT2D eigenvalue weighted by Crippen LogP contribution is 2.48. The summed E-state index contributed by atoms with van der Waals surface area (Å²) in [5.74, 6) is -0.363. The fourth-order valence-electron chi connectivity index (χ4n) is 3.57. The molecule has 2 aliphatic rings. The second-order valence-electron chi connectivity index (χ2n) is 7.39. The highest BCUT2D eigenvalue weighted by atomic mass is 16.6. The maximum absolute atomic E-state index is 13.0. The smallest absolute Gasteiger partial charge is 0.409 e. The van der Waals surface area contributed by atoms with Gasteiger partial charge in [0, 0.05) is 31.9 Å². The minimum absolute atomic E-state index is 0.132. The average molecular weight is 373 g/mol. The first-order chi connectivity index (χ1) is 12.9. The predicted octanol–water partition coefficient (Wildman–Crippen LogP) is 2.32. The van der Waals surface area contributed by atoms with Crippen LogP contribution in [0, 0.1) is 19.3 Å². The third-order valence-corrected chi connectivity index (χ3v) is 5.17. The van der Waals surface area contributed by atoms with Crippen molar-refractivity contribution in [3.05, 3.63) is 29.3 Å². The molecule has 0 spiro atoms. The van der Waals surface area contributed by atoms with E-state index in [4.69, 9.17) is 4.74 Å². The van der Waals surface area contributed by atoms with Crippen LogP contribution in [-0.4, -0.2) is 60.5 Å². The predicted molar refractivity (Wildman–Crippen MR) is 101 cm³/mol. The Kier molecular flexibility index (Phi) is 5.39. The zero-order valence-corrected chi connectivity index (χ0v) is 16.2. The highest BCUT2D eigenvalue weighted by molar-refractivity contribution is 6.13. The van der Waals surface area contributed by atoms with Gasteiger partial charge in [-0.3, -0.25) is 9.59 Å². The molecule has 0 unspecified atom stereocenters. The molecule has 0 radical (unpaired) electrons. The van der Waals surface area contributed by atoms with Crippen molar-refractivity contribution in [3.8, 4) is 0 Å². The highest BCUT2D eigenvalue weighted by Gasteiger charge is 2.58. The van der Waals surface area contributed by atoms with Crippen LogP contribution >= 0.6 is 0 Å². The largest absolute Gasteiger partial charge is 0.450 e.